The Kier molecular flexibility index (Phi) is 7.07. The molecule has 2 aromatic carbocycles. The third kappa shape index (κ3) is 5.61. The number of benzene rings is 2. The van der Waals surface area contributed by atoms with Crippen molar-refractivity contribution in [2.45, 2.75) is 39.2 Å². The molecule has 1 aliphatic rings. The van der Waals surface area contributed by atoms with Crippen LogP contribution in [0.1, 0.15) is 31.7 Å². The standard InChI is InChI=1S/C26H30N4O3/c1-18-7-13-23(24(17-18)32-3)33-19(2)26(31)27-21-10-8-20(9-11-21)22-12-14-25(29-28-22)30-15-5-4-6-16-30/h7-14,17,19H,4-6,15-16H2,1-3H3,(H,27,31). The second-order valence-corrected chi connectivity index (χ2v) is 8.31. The molecule has 0 bridgehead atoms. The number of methoxy groups -OCH3 is 1. The number of hydrogen-bond donors (Lipinski definition) is 1. The molecule has 172 valence electrons. The number of aryl methyl sites for hydroxylation is 1. The van der Waals surface area contributed by atoms with Gasteiger partial charge in [-0.25, -0.2) is 0 Å². The first-order chi connectivity index (χ1) is 16.0. The summed E-state index contributed by atoms with van der Waals surface area (Å²) in [5.41, 5.74) is 3.49. The number of aromatic nitrogens is 2. The van der Waals surface area contributed by atoms with Crippen molar-refractivity contribution in [3.05, 3.63) is 60.2 Å². The molecular formula is C26H30N4O3. The lowest BCUT2D eigenvalue weighted by molar-refractivity contribution is -0.122. The van der Waals surface area contributed by atoms with E-state index in [2.05, 4.69) is 20.4 Å². The fraction of sp³-hybridized carbons (Fsp3) is 0.346. The summed E-state index contributed by atoms with van der Waals surface area (Å²) in [4.78, 5) is 14.9. The SMILES string of the molecule is COc1cc(C)ccc1OC(C)C(=O)Nc1ccc(-c2ccc(N3CCCCC3)nn2)cc1. The van der Waals surface area contributed by atoms with Gasteiger partial charge in [0.1, 0.15) is 0 Å². The molecule has 0 spiro atoms. The van der Waals surface area contributed by atoms with Crippen LogP contribution in [-0.2, 0) is 4.79 Å². The highest BCUT2D eigenvalue weighted by Gasteiger charge is 2.17. The minimum Gasteiger partial charge on any atom is -0.493 e. The molecule has 1 amide bonds. The second-order valence-electron chi connectivity index (χ2n) is 8.31. The number of nitrogens with one attached hydrogen (secondary N) is 1. The van der Waals surface area contributed by atoms with Gasteiger partial charge in [0.05, 0.1) is 12.8 Å². The molecule has 7 heteroatoms. The minimum atomic E-state index is -0.686. The number of anilines is 2. The molecule has 3 aromatic rings. The van der Waals surface area contributed by atoms with E-state index >= 15 is 0 Å². The first kappa shape index (κ1) is 22.6. The number of amides is 1. The molecule has 1 unspecified atom stereocenters. The Hall–Kier alpha value is -3.61. The molecule has 1 aliphatic heterocycles. The molecule has 1 saturated heterocycles. The van der Waals surface area contributed by atoms with Gasteiger partial charge < -0.3 is 19.7 Å². The van der Waals surface area contributed by atoms with E-state index in [0.29, 0.717) is 17.2 Å². The molecule has 2 heterocycles. The topological polar surface area (TPSA) is 76.6 Å². The summed E-state index contributed by atoms with van der Waals surface area (Å²) in [6.45, 7) is 5.77. The Balaban J connectivity index is 1.36. The predicted molar refractivity (Wildman–Crippen MR) is 130 cm³/mol. The summed E-state index contributed by atoms with van der Waals surface area (Å²) in [5, 5.41) is 11.7. The van der Waals surface area contributed by atoms with Crippen molar-refractivity contribution >= 4 is 17.4 Å². The highest BCUT2D eigenvalue weighted by Crippen LogP contribution is 2.29. The monoisotopic (exact) mass is 446 g/mol. The van der Waals surface area contributed by atoms with Gasteiger partial charge in [-0.2, -0.15) is 0 Å². The molecule has 1 atom stereocenters. The van der Waals surface area contributed by atoms with Gasteiger partial charge in [0.25, 0.3) is 5.91 Å². The molecule has 7 nitrogen and oxygen atoms in total. The molecule has 1 aromatic heterocycles. The largest absolute Gasteiger partial charge is 0.493 e. The number of nitrogens with zero attached hydrogens (tertiary/aromatic N) is 3. The van der Waals surface area contributed by atoms with Crippen LogP contribution < -0.4 is 19.7 Å². The van der Waals surface area contributed by atoms with Gasteiger partial charge in [-0.1, -0.05) is 18.2 Å². The maximum Gasteiger partial charge on any atom is 0.265 e. The van der Waals surface area contributed by atoms with Crippen LogP contribution in [0.2, 0.25) is 0 Å². The number of carbonyl (C=O) groups is 1. The van der Waals surface area contributed by atoms with E-state index in [9.17, 15) is 4.79 Å². The second kappa shape index (κ2) is 10.3. The van der Waals surface area contributed by atoms with Gasteiger partial charge in [-0.15, -0.1) is 10.2 Å². The molecule has 1 fully saturated rings. The van der Waals surface area contributed by atoms with Crippen molar-refractivity contribution in [1.29, 1.82) is 0 Å². The van der Waals surface area contributed by atoms with Crippen molar-refractivity contribution in [3.8, 4) is 22.8 Å². The van der Waals surface area contributed by atoms with Crippen LogP contribution in [0.5, 0.6) is 11.5 Å². The summed E-state index contributed by atoms with van der Waals surface area (Å²) in [7, 11) is 1.58. The Labute approximate surface area is 194 Å². The van der Waals surface area contributed by atoms with Crippen molar-refractivity contribution in [1.82, 2.24) is 10.2 Å². The van der Waals surface area contributed by atoms with Crippen molar-refractivity contribution in [3.63, 3.8) is 0 Å². The summed E-state index contributed by atoms with van der Waals surface area (Å²) in [6.07, 6.45) is 3.02. The molecule has 33 heavy (non-hydrogen) atoms. The van der Waals surface area contributed by atoms with Crippen LogP contribution in [0.4, 0.5) is 11.5 Å². The molecule has 1 N–H and O–H groups in total. The van der Waals surface area contributed by atoms with Gasteiger partial charge in [0.15, 0.2) is 23.4 Å². The first-order valence-corrected chi connectivity index (χ1v) is 11.3. The smallest absolute Gasteiger partial charge is 0.265 e. The zero-order chi connectivity index (χ0) is 23.2. The number of carbonyl (C=O) groups excluding carboxylic acids is 1. The summed E-state index contributed by atoms with van der Waals surface area (Å²) >= 11 is 0. The molecule has 0 radical (unpaired) electrons. The number of rotatable bonds is 7. The maximum absolute atomic E-state index is 12.6. The van der Waals surface area contributed by atoms with E-state index in [-0.39, 0.29) is 5.91 Å². The van der Waals surface area contributed by atoms with E-state index in [1.165, 1.54) is 19.3 Å². The Morgan fingerprint density at radius 2 is 1.73 bits per heavy atom. The third-order valence-electron chi connectivity index (χ3n) is 5.77. The number of piperidine rings is 1. The first-order valence-electron chi connectivity index (χ1n) is 11.3. The Morgan fingerprint density at radius 1 is 0.970 bits per heavy atom. The predicted octanol–water partition coefficient (Wildman–Crippen LogP) is 4.86. The zero-order valence-corrected chi connectivity index (χ0v) is 19.4. The minimum absolute atomic E-state index is 0.240. The maximum atomic E-state index is 12.6. The lowest BCUT2D eigenvalue weighted by Crippen LogP contribution is -2.30. The number of hydrogen-bond acceptors (Lipinski definition) is 6. The van der Waals surface area contributed by atoms with Crippen molar-refractivity contribution in [2.75, 3.05) is 30.4 Å². The lowest BCUT2D eigenvalue weighted by Gasteiger charge is -2.27. The van der Waals surface area contributed by atoms with E-state index in [1.807, 2.05) is 61.5 Å². The van der Waals surface area contributed by atoms with Gasteiger partial charge in [0.2, 0.25) is 0 Å². The van der Waals surface area contributed by atoms with Crippen LogP contribution in [0.25, 0.3) is 11.3 Å². The van der Waals surface area contributed by atoms with Crippen LogP contribution in [0.15, 0.2) is 54.6 Å². The summed E-state index contributed by atoms with van der Waals surface area (Å²) in [6, 6.07) is 17.2. The zero-order valence-electron chi connectivity index (χ0n) is 19.4. The molecule has 0 aliphatic carbocycles. The third-order valence-corrected chi connectivity index (χ3v) is 5.77. The van der Waals surface area contributed by atoms with Gasteiger partial charge >= 0.3 is 0 Å². The normalized spacial score (nSPS) is 14.5. The van der Waals surface area contributed by atoms with Crippen LogP contribution >= 0.6 is 0 Å². The van der Waals surface area contributed by atoms with Crippen molar-refractivity contribution < 1.29 is 14.3 Å². The fourth-order valence-corrected chi connectivity index (χ4v) is 3.86. The van der Waals surface area contributed by atoms with Gasteiger partial charge in [0, 0.05) is 24.3 Å². The molecular weight excluding hydrogens is 416 g/mol. The van der Waals surface area contributed by atoms with Gasteiger partial charge in [-0.3, -0.25) is 4.79 Å². The fourth-order valence-electron chi connectivity index (χ4n) is 3.86. The number of ether oxygens (including phenoxy) is 2. The average molecular weight is 447 g/mol. The van der Waals surface area contributed by atoms with E-state index in [1.54, 1.807) is 14.0 Å². The summed E-state index contributed by atoms with van der Waals surface area (Å²) in [5.74, 6) is 1.83. The quantitative estimate of drug-likeness (QED) is 0.559. The van der Waals surface area contributed by atoms with Crippen LogP contribution in [0.3, 0.4) is 0 Å². The van der Waals surface area contributed by atoms with E-state index < -0.39 is 6.10 Å². The molecule has 0 saturated carbocycles. The van der Waals surface area contributed by atoms with E-state index in [0.717, 1.165) is 35.7 Å². The Bertz CT molecular complexity index is 1080. The highest BCUT2D eigenvalue weighted by atomic mass is 16.5. The molecule has 4 rings (SSSR count). The lowest BCUT2D eigenvalue weighted by atomic mass is 10.1. The van der Waals surface area contributed by atoms with Gasteiger partial charge in [-0.05, 0) is 75.1 Å². The highest BCUT2D eigenvalue weighted by molar-refractivity contribution is 5.94. The average Bonchev–Trinajstić information content (AvgIpc) is 2.86. The Morgan fingerprint density at radius 3 is 2.39 bits per heavy atom. The van der Waals surface area contributed by atoms with Crippen LogP contribution in [-0.4, -0.2) is 42.4 Å². The van der Waals surface area contributed by atoms with E-state index in [4.69, 9.17) is 9.47 Å². The van der Waals surface area contributed by atoms with Crippen LogP contribution in [0, 0.1) is 6.92 Å². The summed E-state index contributed by atoms with van der Waals surface area (Å²) < 4.78 is 11.2. The van der Waals surface area contributed by atoms with Crippen molar-refractivity contribution in [2.24, 2.45) is 0 Å².